The third-order valence-electron chi connectivity index (χ3n) is 15.1. The average Bonchev–Trinajstić information content (AvgIpc) is 2.36. The minimum Gasteiger partial charge on any atom is -0.510 e. The van der Waals surface area contributed by atoms with Crippen LogP contribution >= 0.6 is 0 Å². The van der Waals surface area contributed by atoms with Crippen LogP contribution in [0.3, 0.4) is 0 Å². The number of benzene rings is 9. The summed E-state index contributed by atoms with van der Waals surface area (Å²) in [5.74, 6) is 1.84. The normalized spacial score (nSPS) is 13.2. The fourth-order valence-electron chi connectivity index (χ4n) is 11.0. The molecule has 0 N–H and O–H groups in total. The summed E-state index contributed by atoms with van der Waals surface area (Å²) in [4.78, 5) is 4.89. The van der Waals surface area contributed by atoms with Crippen molar-refractivity contribution in [2.45, 2.75) is 78.6 Å². The molecule has 0 amide bonds. The molecule has 9 aromatic carbocycles. The summed E-state index contributed by atoms with van der Waals surface area (Å²) in [6.07, 6.45) is 5.80. The molecule has 0 fully saturated rings. The predicted octanol–water partition coefficient (Wildman–Crippen LogP) is 18.1. The Morgan fingerprint density at radius 1 is 0.487 bits per heavy atom. The first-order chi connectivity index (χ1) is 39.1. The van der Waals surface area contributed by atoms with Crippen LogP contribution in [0.4, 0.5) is 0 Å². The third kappa shape index (κ3) is 8.79. The molecule has 13 rings (SSSR count). The Morgan fingerprint density at radius 3 is 1.87 bits per heavy atom. The molecule has 0 atom stereocenters. The number of para-hydroxylation sites is 3. The summed E-state index contributed by atoms with van der Waals surface area (Å²) in [5, 5.41) is 2.14. The molecular formula is C72H60N4OPt-2. The maximum Gasteiger partial charge on any atom is 0.268 e. The van der Waals surface area contributed by atoms with E-state index in [9.17, 15) is 0 Å². The summed E-state index contributed by atoms with van der Waals surface area (Å²) < 4.78 is 57.3. The summed E-state index contributed by atoms with van der Waals surface area (Å²) in [6.45, 7) is 20.2. The molecule has 3 aromatic heterocycles. The Morgan fingerprint density at radius 2 is 1.12 bits per heavy atom. The molecule has 4 heterocycles. The molecule has 1 aliphatic heterocycles. The van der Waals surface area contributed by atoms with Gasteiger partial charge in [0.15, 0.2) is 0 Å². The van der Waals surface area contributed by atoms with Crippen molar-refractivity contribution in [2.24, 2.45) is 0 Å². The van der Waals surface area contributed by atoms with E-state index in [2.05, 4.69) is 216 Å². The van der Waals surface area contributed by atoms with Crippen LogP contribution in [-0.4, -0.2) is 14.1 Å². The monoisotopic (exact) mass is 1200 g/mol. The first-order valence-corrected chi connectivity index (χ1v) is 26.4. The smallest absolute Gasteiger partial charge is 0.268 e. The van der Waals surface area contributed by atoms with E-state index in [1.165, 1.54) is 16.7 Å². The van der Waals surface area contributed by atoms with E-state index >= 15 is 0 Å². The van der Waals surface area contributed by atoms with Gasteiger partial charge in [-0.3, -0.25) is 4.57 Å². The second-order valence-corrected chi connectivity index (χ2v) is 23.3. The largest absolute Gasteiger partial charge is 0.510 e. The standard InChI is InChI=1S/C72H60N4O.Pt/c1-70(2,3)49-36-37-73-67(42-49)76-64-30-16-15-26-59(64)60-35-33-54(44-66(60)76)77-53-23-17-22-52(43-53)74-45-75-68-55(48-38-50(71(4,5)6)41-51(39-48)72(7,8)9)27-18-28-62(68)63-40-47(46-20-11-10-12-21-46)32-34-58(63)56-24-13-14-25-57(56)61-29-19-31-65(74)69(61)75;/h10-42H,1-9H3;/q-2;/i10D,11D,12D,20D,21D;. The van der Waals surface area contributed by atoms with E-state index in [0.29, 0.717) is 22.7 Å². The van der Waals surface area contributed by atoms with Gasteiger partial charge in [-0.2, -0.15) is 18.2 Å². The van der Waals surface area contributed by atoms with Gasteiger partial charge in [0.2, 0.25) is 0 Å². The van der Waals surface area contributed by atoms with Crippen molar-refractivity contribution in [3.05, 3.63) is 235 Å². The van der Waals surface area contributed by atoms with Crippen molar-refractivity contribution < 1.29 is 37.2 Å². The second kappa shape index (κ2) is 19.1. The van der Waals surface area contributed by atoms with E-state index in [0.717, 1.165) is 88.9 Å². The number of ether oxygens (including phenoxy) is 1. The number of aromatic nitrogens is 4. The summed E-state index contributed by atoms with van der Waals surface area (Å²) in [6, 6.07) is 62.3. The van der Waals surface area contributed by atoms with E-state index in [1.54, 1.807) is 0 Å². The van der Waals surface area contributed by atoms with Gasteiger partial charge in [-0.05, 0) is 124 Å². The molecule has 12 aromatic rings. The maximum absolute atomic E-state index is 9.12. The van der Waals surface area contributed by atoms with Gasteiger partial charge in [0.05, 0.1) is 23.6 Å². The fourth-order valence-corrected chi connectivity index (χ4v) is 11.0. The van der Waals surface area contributed by atoms with Gasteiger partial charge in [-0.15, -0.1) is 29.7 Å². The average molecular weight is 1200 g/mol. The molecule has 1 aliphatic rings. The van der Waals surface area contributed by atoms with Gasteiger partial charge in [-0.25, -0.2) is 4.98 Å². The van der Waals surface area contributed by atoms with Crippen LogP contribution < -0.4 is 9.30 Å². The number of pyridine rings is 1. The van der Waals surface area contributed by atoms with Crippen molar-refractivity contribution >= 4 is 32.8 Å². The van der Waals surface area contributed by atoms with Crippen LogP contribution in [0.5, 0.6) is 11.5 Å². The molecule has 0 aliphatic carbocycles. The molecule has 0 radical (unpaired) electrons. The Hall–Kier alpha value is -8.11. The number of fused-ring (bicyclic) bond motifs is 10. The second-order valence-electron chi connectivity index (χ2n) is 23.3. The number of nitrogens with zero attached hydrogens (tertiary/aromatic N) is 4. The van der Waals surface area contributed by atoms with Gasteiger partial charge in [0, 0.05) is 44.3 Å². The molecule has 0 saturated heterocycles. The quantitative estimate of drug-likeness (QED) is 0.123. The maximum atomic E-state index is 9.12. The zero-order valence-corrected chi connectivity index (χ0v) is 47.5. The van der Waals surface area contributed by atoms with Crippen LogP contribution in [0, 0.1) is 18.5 Å². The minimum absolute atomic E-state index is 0. The van der Waals surface area contributed by atoms with Crippen molar-refractivity contribution in [3.8, 4) is 84.3 Å². The van der Waals surface area contributed by atoms with Crippen molar-refractivity contribution in [1.82, 2.24) is 14.1 Å². The summed E-state index contributed by atoms with van der Waals surface area (Å²) >= 11 is 0. The summed E-state index contributed by atoms with van der Waals surface area (Å²) in [5.41, 5.74) is 16.7. The van der Waals surface area contributed by atoms with Crippen molar-refractivity contribution in [3.63, 3.8) is 0 Å². The van der Waals surface area contributed by atoms with Gasteiger partial charge in [0.1, 0.15) is 5.82 Å². The van der Waals surface area contributed by atoms with Crippen LogP contribution in [-0.2, 0) is 37.3 Å². The topological polar surface area (TPSA) is 35.9 Å². The Balaban J connectivity index is 0.00000680. The number of hydrogen-bond acceptors (Lipinski definition) is 2. The first-order valence-electron chi connectivity index (χ1n) is 28.9. The summed E-state index contributed by atoms with van der Waals surface area (Å²) in [7, 11) is 0. The molecule has 78 heavy (non-hydrogen) atoms. The van der Waals surface area contributed by atoms with Crippen LogP contribution in [0.2, 0.25) is 0 Å². The van der Waals surface area contributed by atoms with Crippen molar-refractivity contribution in [1.29, 1.82) is 0 Å². The van der Waals surface area contributed by atoms with Crippen molar-refractivity contribution in [2.75, 3.05) is 0 Å². The van der Waals surface area contributed by atoms with Gasteiger partial charge in [-0.1, -0.05) is 207 Å². The van der Waals surface area contributed by atoms with E-state index in [1.807, 2.05) is 48.7 Å². The number of imidazole rings is 1. The molecule has 5 nitrogen and oxygen atoms in total. The Bertz CT molecular complexity index is 4570. The predicted molar refractivity (Wildman–Crippen MR) is 317 cm³/mol. The molecule has 6 heteroatoms. The molecule has 0 saturated carbocycles. The van der Waals surface area contributed by atoms with E-state index in [4.69, 9.17) is 16.6 Å². The van der Waals surface area contributed by atoms with Gasteiger partial charge >= 0.3 is 0 Å². The zero-order valence-electron chi connectivity index (χ0n) is 50.2. The molecule has 0 spiro atoms. The Labute approximate surface area is 479 Å². The fraction of sp³-hybridized carbons (Fsp3) is 0.167. The van der Waals surface area contributed by atoms with Crippen LogP contribution in [0.1, 0.15) is 85.9 Å². The van der Waals surface area contributed by atoms with Crippen LogP contribution in [0.15, 0.2) is 200 Å². The molecule has 0 unspecified atom stereocenters. The number of rotatable bonds is 6. The number of hydrogen-bond donors (Lipinski definition) is 0. The molecular weight excluding hydrogens is 1130 g/mol. The SMILES string of the molecule is [2H]c1c([2H])c([2H])c(-c2ccc3c(c2)-c2cccc(-c4cc(C(C)(C)C)cc(C(C)(C)C)c4)c2-[n+]2[c-]n(-c4[c-]c(Oc5[c-]c6c(cc5)c5ccccc5n6-c5cc(C(C)(C)C)ccn5)ccc4)c4cccc(c42)-c2ccccc2-3)c([2H])c1[2H].[Pt]. The van der Waals surface area contributed by atoms with Crippen LogP contribution in [0.25, 0.3) is 106 Å². The zero-order chi connectivity index (χ0) is 57.3. The van der Waals surface area contributed by atoms with Gasteiger partial charge in [0.25, 0.3) is 6.33 Å². The molecule has 386 valence electrons. The Kier molecular flexibility index (Phi) is 11.0. The molecule has 0 bridgehead atoms. The van der Waals surface area contributed by atoms with Gasteiger partial charge < -0.3 is 13.9 Å². The van der Waals surface area contributed by atoms with E-state index in [-0.39, 0.29) is 67.0 Å². The minimum atomic E-state index is -0.430. The third-order valence-corrected chi connectivity index (χ3v) is 15.1. The van der Waals surface area contributed by atoms with E-state index < -0.39 is 6.04 Å². The first kappa shape index (κ1) is 45.0.